The highest BCUT2D eigenvalue weighted by atomic mass is 35.5. The first kappa shape index (κ1) is 17.7. The molecule has 5 nitrogen and oxygen atoms in total. The van der Waals surface area contributed by atoms with Gasteiger partial charge in [0.05, 0.1) is 25.9 Å². The third-order valence-corrected chi connectivity index (χ3v) is 5.15. The molecule has 132 valence electrons. The predicted octanol–water partition coefficient (Wildman–Crippen LogP) is 2.23. The van der Waals surface area contributed by atoms with E-state index in [9.17, 15) is 4.79 Å². The maximum Gasteiger partial charge on any atom is 0.219 e. The molecule has 2 aliphatic rings. The molecule has 24 heavy (non-hydrogen) atoms. The molecule has 1 N–H and O–H groups in total. The zero-order valence-electron chi connectivity index (χ0n) is 14.1. The van der Waals surface area contributed by atoms with Crippen molar-refractivity contribution in [1.82, 2.24) is 10.2 Å². The average molecular weight is 353 g/mol. The molecule has 1 spiro atoms. The van der Waals surface area contributed by atoms with Crippen LogP contribution in [-0.4, -0.2) is 55.4 Å². The number of nitrogens with one attached hydrogen (secondary N) is 1. The summed E-state index contributed by atoms with van der Waals surface area (Å²) in [6.45, 7) is 5.53. The maximum atomic E-state index is 11.7. The minimum absolute atomic E-state index is 0.0868. The van der Waals surface area contributed by atoms with E-state index in [0.29, 0.717) is 26.3 Å². The second-order valence-corrected chi connectivity index (χ2v) is 7.08. The van der Waals surface area contributed by atoms with Gasteiger partial charge in [0.15, 0.2) is 0 Å². The number of rotatable bonds is 4. The molecule has 0 aliphatic carbocycles. The van der Waals surface area contributed by atoms with Crippen LogP contribution in [0.3, 0.4) is 0 Å². The van der Waals surface area contributed by atoms with Crippen molar-refractivity contribution in [2.45, 2.75) is 38.0 Å². The van der Waals surface area contributed by atoms with E-state index >= 15 is 0 Å². The Labute approximate surface area is 148 Å². The highest BCUT2D eigenvalue weighted by molar-refractivity contribution is 6.31. The molecule has 1 aromatic carbocycles. The number of carbonyl (C=O) groups is 1. The predicted molar refractivity (Wildman–Crippen MR) is 93.1 cm³/mol. The zero-order chi connectivity index (χ0) is 17.0. The van der Waals surface area contributed by atoms with Gasteiger partial charge in [-0.3, -0.25) is 4.79 Å². The molecule has 0 radical (unpaired) electrons. The quantitative estimate of drug-likeness (QED) is 0.902. The molecule has 1 amide bonds. The van der Waals surface area contributed by atoms with Crippen molar-refractivity contribution in [3.8, 4) is 0 Å². The Morgan fingerprint density at radius 1 is 1.46 bits per heavy atom. The number of nitrogens with zero attached hydrogens (tertiary/aromatic N) is 1. The molecule has 3 rings (SSSR count). The van der Waals surface area contributed by atoms with Gasteiger partial charge in [-0.2, -0.15) is 0 Å². The molecule has 2 atom stereocenters. The van der Waals surface area contributed by atoms with Crippen LogP contribution in [0.4, 0.5) is 0 Å². The van der Waals surface area contributed by atoms with Gasteiger partial charge in [-0.1, -0.05) is 29.8 Å². The van der Waals surface area contributed by atoms with Gasteiger partial charge in [-0.05, 0) is 24.5 Å². The van der Waals surface area contributed by atoms with Crippen molar-refractivity contribution in [1.29, 1.82) is 0 Å². The first-order valence-corrected chi connectivity index (χ1v) is 8.91. The summed E-state index contributed by atoms with van der Waals surface area (Å²) in [4.78, 5) is 13.6. The van der Waals surface area contributed by atoms with Crippen LogP contribution in [0.1, 0.15) is 25.3 Å². The van der Waals surface area contributed by atoms with Gasteiger partial charge in [0, 0.05) is 31.6 Å². The highest BCUT2D eigenvalue weighted by Crippen LogP contribution is 2.33. The monoisotopic (exact) mass is 352 g/mol. The van der Waals surface area contributed by atoms with Crippen LogP contribution >= 0.6 is 11.6 Å². The van der Waals surface area contributed by atoms with Crippen molar-refractivity contribution in [3.05, 3.63) is 34.9 Å². The summed E-state index contributed by atoms with van der Waals surface area (Å²) in [6, 6.07) is 7.85. The Morgan fingerprint density at radius 2 is 2.29 bits per heavy atom. The summed E-state index contributed by atoms with van der Waals surface area (Å²) in [5.41, 5.74) is 0.742. The number of hydrogen-bond acceptors (Lipinski definition) is 4. The van der Waals surface area contributed by atoms with Crippen LogP contribution in [0, 0.1) is 0 Å². The van der Waals surface area contributed by atoms with Crippen LogP contribution in [0.25, 0.3) is 0 Å². The number of amides is 1. The summed E-state index contributed by atoms with van der Waals surface area (Å²) in [5.74, 6) is 0.0868. The fraction of sp³-hybridized carbons (Fsp3) is 0.611. The first-order chi connectivity index (χ1) is 11.6. The Hall–Kier alpha value is -1.14. The standard InChI is InChI=1S/C18H25ClN2O3/c1-14(22)21-8-9-23-13-18(12-21)7-6-16(24-18)11-20-10-15-4-2-3-5-17(15)19/h2-5,16,20H,6-13H2,1H3/t16-,18+/m0/s1. The number of ether oxygens (including phenoxy) is 2. The summed E-state index contributed by atoms with van der Waals surface area (Å²) in [7, 11) is 0. The lowest BCUT2D eigenvalue weighted by Crippen LogP contribution is -2.46. The van der Waals surface area contributed by atoms with Gasteiger partial charge in [0.2, 0.25) is 5.91 Å². The Kier molecular flexibility index (Phi) is 5.76. The molecule has 0 bridgehead atoms. The molecular formula is C18H25ClN2O3. The van der Waals surface area contributed by atoms with Gasteiger partial charge in [-0.25, -0.2) is 0 Å². The van der Waals surface area contributed by atoms with Gasteiger partial charge in [0.25, 0.3) is 0 Å². The molecule has 0 aromatic heterocycles. The Bertz CT molecular complexity index is 583. The summed E-state index contributed by atoms with van der Waals surface area (Å²) < 4.78 is 12.0. The van der Waals surface area contributed by atoms with Gasteiger partial charge >= 0.3 is 0 Å². The topological polar surface area (TPSA) is 50.8 Å². The summed E-state index contributed by atoms with van der Waals surface area (Å²) in [5, 5.41) is 4.21. The molecule has 2 saturated heterocycles. The Morgan fingerprint density at radius 3 is 3.08 bits per heavy atom. The second-order valence-electron chi connectivity index (χ2n) is 6.68. The SMILES string of the molecule is CC(=O)N1CCOC[C@@]2(CC[C@@H](CNCc3ccccc3Cl)O2)C1. The van der Waals surface area contributed by atoms with Gasteiger partial charge in [0.1, 0.15) is 5.60 Å². The fourth-order valence-corrected chi connectivity index (χ4v) is 3.65. The second kappa shape index (κ2) is 7.83. The van der Waals surface area contributed by atoms with E-state index in [-0.39, 0.29) is 17.6 Å². The summed E-state index contributed by atoms with van der Waals surface area (Å²) in [6.07, 6.45) is 2.04. The largest absolute Gasteiger partial charge is 0.377 e. The van der Waals surface area contributed by atoms with Crippen LogP contribution in [0.15, 0.2) is 24.3 Å². The lowest BCUT2D eigenvalue weighted by molar-refractivity contribution is -0.133. The fourth-order valence-electron chi connectivity index (χ4n) is 3.45. The summed E-state index contributed by atoms with van der Waals surface area (Å²) >= 11 is 6.17. The molecule has 2 fully saturated rings. The number of hydrogen-bond donors (Lipinski definition) is 1. The third kappa shape index (κ3) is 4.28. The Balaban J connectivity index is 1.51. The first-order valence-electron chi connectivity index (χ1n) is 8.53. The number of carbonyl (C=O) groups excluding carboxylic acids is 1. The molecule has 2 heterocycles. The van der Waals surface area contributed by atoms with Crippen LogP contribution < -0.4 is 5.32 Å². The average Bonchev–Trinajstić information content (AvgIpc) is 2.82. The van der Waals surface area contributed by atoms with Crippen molar-refractivity contribution in [2.75, 3.05) is 32.8 Å². The molecule has 1 aromatic rings. The minimum atomic E-state index is -0.348. The van der Waals surface area contributed by atoms with Crippen molar-refractivity contribution >= 4 is 17.5 Å². The van der Waals surface area contributed by atoms with Crippen LogP contribution in [-0.2, 0) is 20.8 Å². The lowest BCUT2D eigenvalue weighted by Gasteiger charge is -2.31. The smallest absolute Gasteiger partial charge is 0.219 e. The van der Waals surface area contributed by atoms with Gasteiger partial charge < -0.3 is 19.7 Å². The normalized spacial score (nSPS) is 27.4. The highest BCUT2D eigenvalue weighted by Gasteiger charge is 2.43. The van der Waals surface area contributed by atoms with E-state index < -0.39 is 0 Å². The van der Waals surface area contributed by atoms with E-state index in [4.69, 9.17) is 21.1 Å². The molecular weight excluding hydrogens is 328 g/mol. The van der Waals surface area contributed by atoms with Crippen molar-refractivity contribution < 1.29 is 14.3 Å². The van der Waals surface area contributed by atoms with E-state index in [1.54, 1.807) is 6.92 Å². The van der Waals surface area contributed by atoms with E-state index in [1.165, 1.54) is 0 Å². The van der Waals surface area contributed by atoms with Crippen molar-refractivity contribution in [2.24, 2.45) is 0 Å². The zero-order valence-corrected chi connectivity index (χ0v) is 14.8. The maximum absolute atomic E-state index is 11.7. The number of halogens is 1. The third-order valence-electron chi connectivity index (χ3n) is 4.78. The van der Waals surface area contributed by atoms with E-state index in [2.05, 4.69) is 5.32 Å². The van der Waals surface area contributed by atoms with Crippen LogP contribution in [0.5, 0.6) is 0 Å². The molecule has 0 unspecified atom stereocenters. The van der Waals surface area contributed by atoms with Crippen LogP contribution in [0.2, 0.25) is 5.02 Å². The minimum Gasteiger partial charge on any atom is -0.377 e. The van der Waals surface area contributed by atoms with E-state index in [1.807, 2.05) is 29.2 Å². The lowest BCUT2D eigenvalue weighted by atomic mass is 10.00. The van der Waals surface area contributed by atoms with Crippen molar-refractivity contribution in [3.63, 3.8) is 0 Å². The van der Waals surface area contributed by atoms with Gasteiger partial charge in [-0.15, -0.1) is 0 Å². The molecule has 6 heteroatoms. The molecule has 2 aliphatic heterocycles. The number of benzene rings is 1. The van der Waals surface area contributed by atoms with E-state index in [0.717, 1.165) is 36.5 Å². The molecule has 0 saturated carbocycles.